The van der Waals surface area contributed by atoms with Crippen molar-refractivity contribution < 1.29 is 4.79 Å². The van der Waals surface area contributed by atoms with Gasteiger partial charge in [0.25, 0.3) is 0 Å². The maximum absolute atomic E-state index is 11.1. The van der Waals surface area contributed by atoms with Gasteiger partial charge in [-0.05, 0) is 29.3 Å². The molecule has 2 aromatic carbocycles. The molecule has 0 unspecified atom stereocenters. The standard InChI is InChI=1S/C18H13NO/c20-13-16-6-1-2-9-17(16)14-7-5-8-15(12-14)18-10-3-4-11-19-18/h1-13H. The highest BCUT2D eigenvalue weighted by molar-refractivity contribution is 5.88. The highest BCUT2D eigenvalue weighted by atomic mass is 16.1. The number of hydrogen-bond donors (Lipinski definition) is 0. The van der Waals surface area contributed by atoms with Gasteiger partial charge in [0.15, 0.2) is 6.29 Å². The van der Waals surface area contributed by atoms with Gasteiger partial charge >= 0.3 is 0 Å². The number of hydrogen-bond acceptors (Lipinski definition) is 2. The number of pyridine rings is 1. The van der Waals surface area contributed by atoms with E-state index in [0.717, 1.165) is 28.7 Å². The lowest BCUT2D eigenvalue weighted by molar-refractivity contribution is 0.112. The fourth-order valence-electron chi connectivity index (χ4n) is 2.24. The van der Waals surface area contributed by atoms with E-state index in [4.69, 9.17) is 0 Å². The van der Waals surface area contributed by atoms with Crippen molar-refractivity contribution >= 4 is 6.29 Å². The van der Waals surface area contributed by atoms with Crippen LogP contribution in [0.3, 0.4) is 0 Å². The van der Waals surface area contributed by atoms with Crippen LogP contribution in [-0.2, 0) is 0 Å². The molecule has 96 valence electrons. The fraction of sp³-hybridized carbons (Fsp3) is 0. The van der Waals surface area contributed by atoms with Crippen LogP contribution in [-0.4, -0.2) is 11.3 Å². The molecule has 0 aliphatic carbocycles. The average Bonchev–Trinajstić information content (AvgIpc) is 2.56. The van der Waals surface area contributed by atoms with Gasteiger partial charge in [-0.25, -0.2) is 0 Å². The number of benzene rings is 2. The Labute approximate surface area is 117 Å². The Morgan fingerprint density at radius 2 is 1.60 bits per heavy atom. The Morgan fingerprint density at radius 1 is 0.800 bits per heavy atom. The highest BCUT2D eigenvalue weighted by Crippen LogP contribution is 2.27. The van der Waals surface area contributed by atoms with Crippen molar-refractivity contribution in [3.63, 3.8) is 0 Å². The van der Waals surface area contributed by atoms with E-state index >= 15 is 0 Å². The van der Waals surface area contributed by atoms with Gasteiger partial charge in [-0.3, -0.25) is 9.78 Å². The minimum atomic E-state index is 0.700. The molecule has 0 aliphatic heterocycles. The Hall–Kier alpha value is -2.74. The van der Waals surface area contributed by atoms with Crippen molar-refractivity contribution in [3.8, 4) is 22.4 Å². The molecule has 20 heavy (non-hydrogen) atoms. The summed E-state index contributed by atoms with van der Waals surface area (Å²) in [5.74, 6) is 0. The summed E-state index contributed by atoms with van der Waals surface area (Å²) in [6.07, 6.45) is 2.67. The highest BCUT2D eigenvalue weighted by Gasteiger charge is 2.05. The molecule has 0 N–H and O–H groups in total. The molecule has 0 bridgehead atoms. The summed E-state index contributed by atoms with van der Waals surface area (Å²) in [6, 6.07) is 21.5. The molecule has 0 atom stereocenters. The van der Waals surface area contributed by atoms with Crippen molar-refractivity contribution in [2.75, 3.05) is 0 Å². The van der Waals surface area contributed by atoms with Crippen LogP contribution in [0.5, 0.6) is 0 Å². The fourth-order valence-corrected chi connectivity index (χ4v) is 2.24. The smallest absolute Gasteiger partial charge is 0.150 e. The van der Waals surface area contributed by atoms with Crippen LogP contribution in [0.1, 0.15) is 10.4 Å². The Kier molecular flexibility index (Phi) is 3.38. The summed E-state index contributed by atoms with van der Waals surface area (Å²) in [6.45, 7) is 0. The monoisotopic (exact) mass is 259 g/mol. The zero-order valence-electron chi connectivity index (χ0n) is 10.9. The van der Waals surface area contributed by atoms with Gasteiger partial charge in [-0.1, -0.05) is 48.5 Å². The lowest BCUT2D eigenvalue weighted by atomic mass is 9.98. The quantitative estimate of drug-likeness (QED) is 0.659. The van der Waals surface area contributed by atoms with E-state index < -0.39 is 0 Å². The van der Waals surface area contributed by atoms with E-state index in [-0.39, 0.29) is 0 Å². The van der Waals surface area contributed by atoms with Crippen LogP contribution in [0.2, 0.25) is 0 Å². The first kappa shape index (κ1) is 12.3. The summed E-state index contributed by atoms with van der Waals surface area (Å²) < 4.78 is 0. The molecule has 2 nitrogen and oxygen atoms in total. The number of rotatable bonds is 3. The molecule has 0 fully saturated rings. The minimum absolute atomic E-state index is 0.700. The number of aldehydes is 1. The van der Waals surface area contributed by atoms with Gasteiger partial charge in [0.2, 0.25) is 0 Å². The summed E-state index contributed by atoms with van der Waals surface area (Å²) in [5, 5.41) is 0. The molecule has 0 saturated carbocycles. The van der Waals surface area contributed by atoms with E-state index in [1.807, 2.05) is 60.7 Å². The molecular weight excluding hydrogens is 246 g/mol. The number of carbonyl (C=O) groups excluding carboxylic acids is 1. The van der Waals surface area contributed by atoms with Gasteiger partial charge < -0.3 is 0 Å². The van der Waals surface area contributed by atoms with Crippen LogP contribution in [0.4, 0.5) is 0 Å². The zero-order chi connectivity index (χ0) is 13.8. The van der Waals surface area contributed by atoms with Crippen LogP contribution < -0.4 is 0 Å². The van der Waals surface area contributed by atoms with Crippen LogP contribution in [0.15, 0.2) is 72.9 Å². The maximum atomic E-state index is 11.1. The second-order valence-electron chi connectivity index (χ2n) is 4.50. The van der Waals surface area contributed by atoms with Gasteiger partial charge in [0, 0.05) is 17.3 Å². The Morgan fingerprint density at radius 3 is 2.40 bits per heavy atom. The topological polar surface area (TPSA) is 30.0 Å². The molecule has 3 aromatic rings. The molecule has 1 aromatic heterocycles. The molecular formula is C18H13NO. The first-order chi connectivity index (χ1) is 9.88. The van der Waals surface area contributed by atoms with Crippen molar-refractivity contribution in [3.05, 3.63) is 78.5 Å². The van der Waals surface area contributed by atoms with Gasteiger partial charge in [0.1, 0.15) is 0 Å². The number of nitrogens with zero attached hydrogens (tertiary/aromatic N) is 1. The van der Waals surface area contributed by atoms with E-state index in [2.05, 4.69) is 11.1 Å². The number of carbonyl (C=O) groups is 1. The first-order valence-corrected chi connectivity index (χ1v) is 6.44. The van der Waals surface area contributed by atoms with Crippen LogP contribution in [0, 0.1) is 0 Å². The molecule has 0 spiro atoms. The number of aromatic nitrogens is 1. The average molecular weight is 259 g/mol. The van der Waals surface area contributed by atoms with Crippen molar-refractivity contribution in [1.29, 1.82) is 0 Å². The van der Waals surface area contributed by atoms with Gasteiger partial charge in [-0.15, -0.1) is 0 Å². The maximum Gasteiger partial charge on any atom is 0.150 e. The lowest BCUT2D eigenvalue weighted by Gasteiger charge is -2.07. The molecule has 0 amide bonds. The van der Waals surface area contributed by atoms with Crippen molar-refractivity contribution in [2.45, 2.75) is 0 Å². The normalized spacial score (nSPS) is 10.2. The zero-order valence-corrected chi connectivity index (χ0v) is 10.9. The molecule has 0 radical (unpaired) electrons. The summed E-state index contributed by atoms with van der Waals surface area (Å²) in [7, 11) is 0. The molecule has 1 heterocycles. The first-order valence-electron chi connectivity index (χ1n) is 6.44. The van der Waals surface area contributed by atoms with Crippen LogP contribution in [0.25, 0.3) is 22.4 Å². The van der Waals surface area contributed by atoms with E-state index in [1.54, 1.807) is 6.20 Å². The Balaban J connectivity index is 2.10. The third-order valence-electron chi connectivity index (χ3n) is 3.22. The third-order valence-corrected chi connectivity index (χ3v) is 3.22. The molecule has 0 saturated heterocycles. The molecule has 3 rings (SSSR count). The van der Waals surface area contributed by atoms with Crippen molar-refractivity contribution in [2.24, 2.45) is 0 Å². The Bertz CT molecular complexity index is 735. The summed E-state index contributed by atoms with van der Waals surface area (Å²) >= 11 is 0. The predicted octanol–water partition coefficient (Wildman–Crippen LogP) is 4.23. The minimum Gasteiger partial charge on any atom is -0.298 e. The molecule has 0 aliphatic rings. The largest absolute Gasteiger partial charge is 0.298 e. The van der Waals surface area contributed by atoms with Gasteiger partial charge in [0.05, 0.1) is 5.69 Å². The third kappa shape index (κ3) is 2.36. The predicted molar refractivity (Wildman–Crippen MR) is 80.5 cm³/mol. The van der Waals surface area contributed by atoms with Crippen molar-refractivity contribution in [1.82, 2.24) is 4.98 Å². The molecule has 2 heteroatoms. The van der Waals surface area contributed by atoms with E-state index in [9.17, 15) is 4.79 Å². The second-order valence-corrected chi connectivity index (χ2v) is 4.50. The SMILES string of the molecule is O=Cc1ccccc1-c1cccc(-c2ccccn2)c1. The summed E-state index contributed by atoms with van der Waals surface area (Å²) in [5.41, 5.74) is 4.64. The second kappa shape index (κ2) is 5.49. The summed E-state index contributed by atoms with van der Waals surface area (Å²) in [4.78, 5) is 15.5. The van der Waals surface area contributed by atoms with E-state index in [0.29, 0.717) is 5.56 Å². The lowest BCUT2D eigenvalue weighted by Crippen LogP contribution is -1.88. The van der Waals surface area contributed by atoms with Crippen LogP contribution >= 0.6 is 0 Å². The van der Waals surface area contributed by atoms with E-state index in [1.165, 1.54) is 0 Å². The van der Waals surface area contributed by atoms with Gasteiger partial charge in [-0.2, -0.15) is 0 Å².